The normalized spacial score (nSPS) is 24.0. The van der Waals surface area contributed by atoms with Crippen molar-refractivity contribution in [3.05, 3.63) is 0 Å². The van der Waals surface area contributed by atoms with E-state index in [0.29, 0.717) is 19.1 Å². The van der Waals surface area contributed by atoms with Crippen LogP contribution in [0.4, 0.5) is 13.2 Å². The van der Waals surface area contributed by atoms with Crippen molar-refractivity contribution in [2.24, 2.45) is 0 Å². The molecule has 0 radical (unpaired) electrons. The molecule has 0 bridgehead atoms. The minimum atomic E-state index is -4.38. The molecule has 1 atom stereocenters. The Morgan fingerprint density at radius 1 is 1.24 bits per heavy atom. The molecule has 1 amide bonds. The van der Waals surface area contributed by atoms with Crippen molar-refractivity contribution in [3.8, 4) is 0 Å². The summed E-state index contributed by atoms with van der Waals surface area (Å²) in [7, 11) is 0. The van der Waals surface area contributed by atoms with E-state index < -0.39 is 19.4 Å². The zero-order valence-electron chi connectivity index (χ0n) is 11.7. The summed E-state index contributed by atoms with van der Waals surface area (Å²) in [5.41, 5.74) is 0. The Bertz CT molecular complexity index is 338. The quantitative estimate of drug-likeness (QED) is 0.814. The topological polar surface area (TPSA) is 44.8 Å². The predicted molar refractivity (Wildman–Crippen MR) is 73.5 cm³/mol. The number of amides is 1. The number of piperazine rings is 1. The largest absolute Gasteiger partial charge is 0.411 e. The van der Waals surface area contributed by atoms with Crippen LogP contribution in [0.3, 0.4) is 0 Å². The van der Waals surface area contributed by atoms with E-state index >= 15 is 0 Å². The zero-order valence-corrected chi connectivity index (χ0v) is 12.5. The smallest absolute Gasteiger partial charge is 0.362 e. The van der Waals surface area contributed by atoms with Gasteiger partial charge in [-0.15, -0.1) is 12.4 Å². The van der Waals surface area contributed by atoms with E-state index in [4.69, 9.17) is 0 Å². The van der Waals surface area contributed by atoms with Gasteiger partial charge in [0.15, 0.2) is 0 Å². The lowest BCUT2D eigenvalue weighted by Crippen LogP contribution is -2.49. The van der Waals surface area contributed by atoms with Crippen molar-refractivity contribution in [1.82, 2.24) is 15.1 Å². The number of halogens is 4. The summed E-state index contributed by atoms with van der Waals surface area (Å²) in [6, 6.07) is 0.323. The Morgan fingerprint density at radius 2 is 1.90 bits per heavy atom. The monoisotopic (exact) mass is 331 g/mol. The molecule has 1 N–H and O–H groups in total. The van der Waals surface area contributed by atoms with Gasteiger partial charge in [-0.25, -0.2) is 0 Å². The maximum absolute atomic E-state index is 11.9. The first-order valence-electron chi connectivity index (χ1n) is 6.83. The van der Waals surface area contributed by atoms with Crippen LogP contribution in [0.1, 0.15) is 6.42 Å². The fourth-order valence-electron chi connectivity index (χ4n) is 2.66. The van der Waals surface area contributed by atoms with Crippen molar-refractivity contribution in [3.63, 3.8) is 0 Å². The average molecular weight is 332 g/mol. The van der Waals surface area contributed by atoms with Gasteiger partial charge in [0, 0.05) is 45.3 Å². The molecule has 2 heterocycles. The van der Waals surface area contributed by atoms with Crippen molar-refractivity contribution >= 4 is 18.3 Å². The standard InChI is InChI=1S/C12H20F3N3O2.ClH/c13-12(14,15)9-20-8-11(19)18-4-1-10(7-18)17-5-2-16-3-6-17;/h10,16H,1-9H2;1H. The van der Waals surface area contributed by atoms with Crippen LogP contribution in [0.2, 0.25) is 0 Å². The number of nitrogens with one attached hydrogen (secondary N) is 1. The Hall–Kier alpha value is -0.570. The third-order valence-corrected chi connectivity index (χ3v) is 3.68. The molecule has 2 saturated heterocycles. The molecule has 0 aromatic carbocycles. The molecule has 2 rings (SSSR count). The summed E-state index contributed by atoms with van der Waals surface area (Å²) in [6.45, 7) is 3.13. The molecular weight excluding hydrogens is 311 g/mol. The Labute approximate surface area is 128 Å². The molecule has 2 aliphatic rings. The number of likely N-dealkylation sites (tertiary alicyclic amines) is 1. The lowest BCUT2D eigenvalue weighted by Gasteiger charge is -2.32. The summed E-state index contributed by atoms with van der Waals surface area (Å²) in [4.78, 5) is 15.7. The molecule has 0 aliphatic carbocycles. The van der Waals surface area contributed by atoms with Crippen LogP contribution in [0.25, 0.3) is 0 Å². The molecule has 124 valence electrons. The predicted octanol–water partition coefficient (Wildman–Crippen LogP) is 0.493. The van der Waals surface area contributed by atoms with E-state index in [1.165, 1.54) is 0 Å². The minimum absolute atomic E-state index is 0. The molecule has 2 fully saturated rings. The maximum atomic E-state index is 11.9. The second-order valence-corrected chi connectivity index (χ2v) is 5.18. The van der Waals surface area contributed by atoms with Gasteiger partial charge in [-0.2, -0.15) is 13.2 Å². The van der Waals surface area contributed by atoms with Crippen LogP contribution in [0, 0.1) is 0 Å². The molecule has 2 aliphatic heterocycles. The van der Waals surface area contributed by atoms with Crippen molar-refractivity contribution in [2.75, 3.05) is 52.5 Å². The zero-order chi connectivity index (χ0) is 14.6. The van der Waals surface area contributed by atoms with Gasteiger partial charge in [0.25, 0.3) is 0 Å². The molecule has 0 aromatic heterocycles. The number of carbonyl (C=O) groups excluding carboxylic acids is 1. The third-order valence-electron chi connectivity index (χ3n) is 3.68. The van der Waals surface area contributed by atoms with Crippen LogP contribution in [0.15, 0.2) is 0 Å². The van der Waals surface area contributed by atoms with E-state index in [1.807, 2.05) is 0 Å². The van der Waals surface area contributed by atoms with Gasteiger partial charge in [0.2, 0.25) is 5.91 Å². The highest BCUT2D eigenvalue weighted by molar-refractivity contribution is 5.85. The number of alkyl halides is 3. The molecule has 0 saturated carbocycles. The van der Waals surface area contributed by atoms with Gasteiger partial charge in [0.1, 0.15) is 13.2 Å². The summed E-state index contributed by atoms with van der Waals surface area (Å²) in [6.07, 6.45) is -3.50. The van der Waals surface area contributed by atoms with Gasteiger partial charge in [0.05, 0.1) is 0 Å². The second kappa shape index (κ2) is 8.17. The number of hydrogen-bond donors (Lipinski definition) is 1. The molecular formula is C12H21ClF3N3O2. The van der Waals surface area contributed by atoms with Gasteiger partial charge >= 0.3 is 6.18 Å². The van der Waals surface area contributed by atoms with E-state index in [0.717, 1.165) is 32.6 Å². The highest BCUT2D eigenvalue weighted by atomic mass is 35.5. The first kappa shape index (κ1) is 18.5. The first-order chi connectivity index (χ1) is 9.46. The number of carbonyl (C=O) groups is 1. The van der Waals surface area contributed by atoms with Crippen LogP contribution in [0.5, 0.6) is 0 Å². The maximum Gasteiger partial charge on any atom is 0.411 e. The number of ether oxygens (including phenoxy) is 1. The molecule has 9 heteroatoms. The van der Waals surface area contributed by atoms with Crippen molar-refractivity contribution < 1.29 is 22.7 Å². The highest BCUT2D eigenvalue weighted by Crippen LogP contribution is 2.17. The fraction of sp³-hybridized carbons (Fsp3) is 0.917. The Morgan fingerprint density at radius 3 is 2.52 bits per heavy atom. The average Bonchev–Trinajstić information content (AvgIpc) is 2.88. The van der Waals surface area contributed by atoms with Gasteiger partial charge in [-0.05, 0) is 6.42 Å². The molecule has 21 heavy (non-hydrogen) atoms. The third kappa shape index (κ3) is 5.98. The Balaban J connectivity index is 0.00000220. The van der Waals surface area contributed by atoms with Crippen LogP contribution in [-0.2, 0) is 9.53 Å². The summed E-state index contributed by atoms with van der Waals surface area (Å²) < 4.78 is 40.2. The molecule has 1 unspecified atom stereocenters. The second-order valence-electron chi connectivity index (χ2n) is 5.18. The van der Waals surface area contributed by atoms with E-state index in [1.54, 1.807) is 4.90 Å². The minimum Gasteiger partial charge on any atom is -0.362 e. The van der Waals surface area contributed by atoms with Crippen LogP contribution in [-0.4, -0.2) is 80.4 Å². The van der Waals surface area contributed by atoms with E-state index in [-0.39, 0.29) is 18.3 Å². The van der Waals surface area contributed by atoms with Crippen LogP contribution >= 0.6 is 12.4 Å². The first-order valence-corrected chi connectivity index (χ1v) is 6.83. The SMILES string of the molecule is Cl.O=C(COCC(F)(F)F)N1CCC(N2CCNCC2)C1. The van der Waals surface area contributed by atoms with Crippen molar-refractivity contribution in [1.29, 1.82) is 0 Å². The summed E-state index contributed by atoms with van der Waals surface area (Å²) >= 11 is 0. The van der Waals surface area contributed by atoms with Crippen molar-refractivity contribution in [2.45, 2.75) is 18.6 Å². The highest BCUT2D eigenvalue weighted by Gasteiger charge is 2.32. The van der Waals surface area contributed by atoms with Crippen LogP contribution < -0.4 is 5.32 Å². The Kier molecular flexibility index (Phi) is 7.19. The number of rotatable bonds is 4. The van der Waals surface area contributed by atoms with E-state index in [2.05, 4.69) is 15.0 Å². The van der Waals surface area contributed by atoms with E-state index in [9.17, 15) is 18.0 Å². The van der Waals surface area contributed by atoms with Gasteiger partial charge < -0.3 is 15.0 Å². The molecule has 5 nitrogen and oxygen atoms in total. The van der Waals surface area contributed by atoms with Gasteiger partial charge in [-0.1, -0.05) is 0 Å². The molecule has 0 spiro atoms. The summed E-state index contributed by atoms with van der Waals surface area (Å²) in [5.74, 6) is -0.355. The number of hydrogen-bond acceptors (Lipinski definition) is 4. The fourth-order valence-corrected chi connectivity index (χ4v) is 2.66. The van der Waals surface area contributed by atoms with Gasteiger partial charge in [-0.3, -0.25) is 9.69 Å². The summed E-state index contributed by atoms with van der Waals surface area (Å²) in [5, 5.41) is 3.27. The number of nitrogens with zero attached hydrogens (tertiary/aromatic N) is 2. The lowest BCUT2D eigenvalue weighted by atomic mass is 10.2. The lowest BCUT2D eigenvalue weighted by molar-refractivity contribution is -0.177. The molecule has 0 aromatic rings.